The number of rotatable bonds is 6. The molecule has 154 valence electrons. The van der Waals surface area contributed by atoms with Crippen LogP contribution in [0, 0.1) is 11.3 Å². The summed E-state index contributed by atoms with van der Waals surface area (Å²) in [4.78, 5) is 28.2. The Bertz CT molecular complexity index is 1270. The smallest absolute Gasteiger partial charge is 0.271 e. The molecule has 3 aromatic rings. The highest BCUT2D eigenvalue weighted by Crippen LogP contribution is 2.31. The van der Waals surface area contributed by atoms with Gasteiger partial charge in [0.2, 0.25) is 5.91 Å². The number of nitrogens with one attached hydrogen (secondary N) is 3. The van der Waals surface area contributed by atoms with E-state index in [0.717, 1.165) is 21.8 Å². The summed E-state index contributed by atoms with van der Waals surface area (Å²) >= 11 is 8.77. The summed E-state index contributed by atoms with van der Waals surface area (Å²) in [5.74, 6) is -1.17. The van der Waals surface area contributed by atoms with E-state index in [2.05, 4.69) is 49.5 Å². The number of nitrogens with zero attached hydrogens (tertiary/aromatic N) is 2. The highest BCUT2D eigenvalue weighted by molar-refractivity contribution is 9.10. The maximum absolute atomic E-state index is 12.4. The van der Waals surface area contributed by atoms with Crippen LogP contribution < -0.4 is 16.0 Å². The zero-order valence-corrected chi connectivity index (χ0v) is 18.3. The Labute approximate surface area is 191 Å². The second kappa shape index (κ2) is 9.89. The van der Waals surface area contributed by atoms with Crippen molar-refractivity contribution in [2.45, 2.75) is 0 Å². The quantitative estimate of drug-likeness (QED) is 0.419. The number of hydrogen-bond acceptors (Lipinski definition) is 5. The molecule has 31 heavy (non-hydrogen) atoms. The van der Waals surface area contributed by atoms with Gasteiger partial charge in [-0.15, -0.1) is 0 Å². The lowest BCUT2D eigenvalue weighted by atomic mass is 10.1. The van der Waals surface area contributed by atoms with Gasteiger partial charge in [0.15, 0.2) is 0 Å². The molecule has 0 unspecified atom stereocenters. The number of nitriles is 1. The number of amides is 2. The molecule has 7 nitrogen and oxygen atoms in total. The lowest BCUT2D eigenvalue weighted by Gasteiger charge is -2.13. The van der Waals surface area contributed by atoms with Crippen molar-refractivity contribution in [1.82, 2.24) is 10.3 Å². The van der Waals surface area contributed by atoms with Gasteiger partial charge in [-0.1, -0.05) is 40.2 Å². The molecule has 0 saturated carbocycles. The minimum atomic E-state index is -0.596. The number of anilines is 3. The molecule has 0 radical (unpaired) electrons. The lowest BCUT2D eigenvalue weighted by Crippen LogP contribution is -2.28. The number of fused-ring (bicyclic) bond motifs is 1. The van der Waals surface area contributed by atoms with Crippen molar-refractivity contribution >= 4 is 67.3 Å². The third-order valence-electron chi connectivity index (χ3n) is 4.10. The topological polar surface area (TPSA) is 107 Å². The van der Waals surface area contributed by atoms with Crippen LogP contribution in [0.5, 0.6) is 0 Å². The van der Waals surface area contributed by atoms with Crippen LogP contribution in [-0.4, -0.2) is 16.8 Å². The van der Waals surface area contributed by atoms with E-state index in [1.807, 2.05) is 24.3 Å². The molecule has 0 aliphatic carbocycles. The molecule has 0 atom stereocenters. The van der Waals surface area contributed by atoms with Crippen molar-refractivity contribution in [3.63, 3.8) is 0 Å². The van der Waals surface area contributed by atoms with E-state index in [1.54, 1.807) is 18.2 Å². The van der Waals surface area contributed by atoms with Gasteiger partial charge in [0.1, 0.15) is 6.07 Å². The molecule has 3 N–H and O–H groups in total. The fourth-order valence-electron chi connectivity index (χ4n) is 2.71. The number of carbonyl (C=O) groups excluding carboxylic acids is 2. The van der Waals surface area contributed by atoms with Crippen molar-refractivity contribution < 1.29 is 9.59 Å². The molecule has 2 amide bonds. The number of halogens is 2. The minimum Gasteiger partial charge on any atom is -0.354 e. The van der Waals surface area contributed by atoms with Crippen LogP contribution >= 0.6 is 27.5 Å². The van der Waals surface area contributed by atoms with E-state index in [-0.39, 0.29) is 5.70 Å². The lowest BCUT2D eigenvalue weighted by molar-refractivity contribution is -0.118. The van der Waals surface area contributed by atoms with Gasteiger partial charge in [0.05, 0.1) is 22.5 Å². The molecule has 1 heterocycles. The van der Waals surface area contributed by atoms with Crippen molar-refractivity contribution in [3.8, 4) is 6.07 Å². The van der Waals surface area contributed by atoms with Crippen LogP contribution in [0.4, 0.5) is 17.1 Å². The van der Waals surface area contributed by atoms with Gasteiger partial charge in [-0.05, 0) is 36.4 Å². The first-order valence-electron chi connectivity index (χ1n) is 8.84. The molecule has 0 saturated heterocycles. The summed E-state index contributed by atoms with van der Waals surface area (Å²) in [5.41, 5.74) is 3.64. The Morgan fingerprint density at radius 1 is 1.19 bits per heavy atom. The maximum atomic E-state index is 12.4. The maximum Gasteiger partial charge on any atom is 0.271 e. The largest absolute Gasteiger partial charge is 0.354 e. The highest BCUT2D eigenvalue weighted by atomic mass is 79.9. The van der Waals surface area contributed by atoms with Crippen molar-refractivity contribution in [2.24, 2.45) is 0 Å². The molecule has 2 aromatic carbocycles. The summed E-state index contributed by atoms with van der Waals surface area (Å²) in [5, 5.41) is 18.4. The Balaban J connectivity index is 1.93. The summed E-state index contributed by atoms with van der Waals surface area (Å²) in [6.45, 7) is 3.55. The average molecular weight is 497 g/mol. The Morgan fingerprint density at radius 2 is 2.00 bits per heavy atom. The van der Waals surface area contributed by atoms with Gasteiger partial charge in [-0.3, -0.25) is 14.6 Å². The summed E-state index contributed by atoms with van der Waals surface area (Å²) in [7, 11) is 0. The van der Waals surface area contributed by atoms with Gasteiger partial charge in [-0.2, -0.15) is 5.26 Å². The third kappa shape index (κ3) is 5.48. The summed E-state index contributed by atoms with van der Waals surface area (Å²) in [6, 6.07) is 14.7. The molecule has 0 aliphatic rings. The van der Waals surface area contributed by atoms with Gasteiger partial charge in [-0.25, -0.2) is 0 Å². The third-order valence-corrected chi connectivity index (χ3v) is 4.72. The predicted molar refractivity (Wildman–Crippen MR) is 125 cm³/mol. The van der Waals surface area contributed by atoms with Gasteiger partial charge < -0.3 is 16.0 Å². The standard InChI is InChI=1S/C22H15BrClN5O2/c1-13(27-20(30)7-8-24)22(31)29-17-5-6-19-18(10-17)21(14(11-25)12-26-19)28-16-4-2-3-15(23)9-16/h2-10,12H,1H2,(H,26,28)(H,27,30)(H,29,31)/b8-7-. The van der Waals surface area contributed by atoms with Gasteiger partial charge in [0, 0.05) is 39.0 Å². The monoisotopic (exact) mass is 495 g/mol. The van der Waals surface area contributed by atoms with E-state index in [1.165, 1.54) is 6.20 Å². The molecule has 0 bridgehead atoms. The normalized spacial score (nSPS) is 10.5. The number of hydrogen-bond donors (Lipinski definition) is 3. The molecule has 1 aromatic heterocycles. The van der Waals surface area contributed by atoms with Crippen molar-refractivity contribution in [2.75, 3.05) is 10.6 Å². The zero-order valence-electron chi connectivity index (χ0n) is 15.9. The first kappa shape index (κ1) is 22.0. The van der Waals surface area contributed by atoms with Gasteiger partial charge >= 0.3 is 0 Å². The first-order chi connectivity index (χ1) is 14.9. The minimum absolute atomic E-state index is 0.142. The molecule has 0 aliphatic heterocycles. The van der Waals surface area contributed by atoms with E-state index in [4.69, 9.17) is 11.6 Å². The van der Waals surface area contributed by atoms with Crippen LogP contribution in [0.1, 0.15) is 5.56 Å². The van der Waals surface area contributed by atoms with E-state index in [9.17, 15) is 14.9 Å². The average Bonchev–Trinajstić information content (AvgIpc) is 2.74. The Hall–Kier alpha value is -3.67. The van der Waals surface area contributed by atoms with Crippen molar-refractivity contribution in [1.29, 1.82) is 5.26 Å². The van der Waals surface area contributed by atoms with Crippen LogP contribution in [0.3, 0.4) is 0 Å². The number of carbonyl (C=O) groups is 2. The van der Waals surface area contributed by atoms with Crippen LogP contribution in [-0.2, 0) is 9.59 Å². The van der Waals surface area contributed by atoms with Crippen molar-refractivity contribution in [3.05, 3.63) is 82.6 Å². The molecule has 9 heteroatoms. The van der Waals surface area contributed by atoms with E-state index in [0.29, 0.717) is 27.8 Å². The molecular weight excluding hydrogens is 482 g/mol. The first-order valence-corrected chi connectivity index (χ1v) is 10.1. The fourth-order valence-corrected chi connectivity index (χ4v) is 3.22. The molecule has 0 spiro atoms. The predicted octanol–water partition coefficient (Wildman–Crippen LogP) is 4.93. The summed E-state index contributed by atoms with van der Waals surface area (Å²) < 4.78 is 0.881. The van der Waals surface area contributed by atoms with Crippen LogP contribution in [0.2, 0.25) is 0 Å². The molecule has 3 rings (SSSR count). The SMILES string of the molecule is C=C(NC(=O)/C=C\Cl)C(=O)Nc1ccc2ncc(C#N)c(Nc3cccc(Br)c3)c2c1. The molecular formula is C22H15BrClN5O2. The fraction of sp³-hybridized carbons (Fsp3) is 0. The highest BCUT2D eigenvalue weighted by Gasteiger charge is 2.13. The zero-order chi connectivity index (χ0) is 22.4. The van der Waals surface area contributed by atoms with Crippen LogP contribution in [0.15, 0.2) is 77.0 Å². The number of benzene rings is 2. The number of aromatic nitrogens is 1. The summed E-state index contributed by atoms with van der Waals surface area (Å²) in [6.07, 6.45) is 2.55. The van der Waals surface area contributed by atoms with Gasteiger partial charge in [0.25, 0.3) is 5.91 Å². The van der Waals surface area contributed by atoms with E-state index >= 15 is 0 Å². The Kier molecular flexibility index (Phi) is 7.03. The van der Waals surface area contributed by atoms with E-state index < -0.39 is 11.8 Å². The Morgan fingerprint density at radius 3 is 2.71 bits per heavy atom. The second-order valence-electron chi connectivity index (χ2n) is 6.24. The van der Waals surface area contributed by atoms with Crippen LogP contribution in [0.25, 0.3) is 10.9 Å². The molecule has 0 fully saturated rings. The number of pyridine rings is 1. The second-order valence-corrected chi connectivity index (χ2v) is 7.41.